The molecule has 0 radical (unpaired) electrons. The van der Waals surface area contributed by atoms with Crippen LogP contribution in [0.1, 0.15) is 29.2 Å². The molecule has 190 valence electrons. The van der Waals surface area contributed by atoms with E-state index in [1.807, 2.05) is 27.9 Å². The summed E-state index contributed by atoms with van der Waals surface area (Å²) >= 11 is 12.6. The lowest BCUT2D eigenvalue weighted by atomic mass is 9.85. The lowest BCUT2D eigenvalue weighted by Gasteiger charge is -2.34. The zero-order chi connectivity index (χ0) is 26.5. The number of fused-ring (bicyclic) bond motifs is 1. The quantitative estimate of drug-likeness (QED) is 0.409. The number of rotatable bonds is 6. The lowest BCUT2D eigenvalue weighted by Crippen LogP contribution is -2.45. The second kappa shape index (κ2) is 9.32. The molecule has 2 aliphatic heterocycles. The Morgan fingerprint density at radius 1 is 1.16 bits per heavy atom. The first kappa shape index (κ1) is 25.5. The molecule has 7 nitrogen and oxygen atoms in total. The number of nitrogens with zero attached hydrogens (tertiary/aromatic N) is 5. The smallest absolute Gasteiger partial charge is 0.258 e. The molecule has 2 aromatic carbocycles. The summed E-state index contributed by atoms with van der Waals surface area (Å²) in [5, 5.41) is 20.1. The Kier molecular flexibility index (Phi) is 6.43. The second-order valence-corrected chi connectivity index (χ2v) is 16.6. The normalized spacial score (nSPS) is 21.4. The van der Waals surface area contributed by atoms with Gasteiger partial charge >= 0.3 is 0 Å². The fourth-order valence-corrected chi connectivity index (χ4v) is 6.80. The maximum atomic E-state index is 14.0. The zero-order valence-electron chi connectivity index (χ0n) is 21.1. The standard InChI is InChI=1S/C27H27Cl2N5O2Si/c1-36-25-24(19-9-20(28)11-21(29)10-19)26(35)33-15-22(34-16-23(31-32-34)37(2,3)4)13-27(25,33)12-17-5-7-18(14-30)8-6-17/h5-11,16,22H,12-13,15H2,1-4H3. The van der Waals surface area contributed by atoms with E-state index < -0.39 is 13.6 Å². The minimum absolute atomic E-state index is 0.0606. The van der Waals surface area contributed by atoms with E-state index in [2.05, 4.69) is 36.0 Å². The number of halogens is 2. The molecule has 0 saturated carbocycles. The average molecular weight is 553 g/mol. The number of carbonyl (C=O) groups is 1. The van der Waals surface area contributed by atoms with Crippen LogP contribution in [0.5, 0.6) is 0 Å². The topological polar surface area (TPSA) is 84.0 Å². The third-order valence-electron chi connectivity index (χ3n) is 7.18. The number of carbonyl (C=O) groups excluding carboxylic acids is 1. The largest absolute Gasteiger partial charge is 0.498 e. The monoisotopic (exact) mass is 551 g/mol. The van der Waals surface area contributed by atoms with Gasteiger partial charge in [0.05, 0.1) is 35.7 Å². The summed E-state index contributed by atoms with van der Waals surface area (Å²) in [6.45, 7) is 7.17. The van der Waals surface area contributed by atoms with Crippen molar-refractivity contribution in [3.63, 3.8) is 0 Å². The summed E-state index contributed by atoms with van der Waals surface area (Å²) in [6, 6.07) is 14.7. The summed E-state index contributed by atoms with van der Waals surface area (Å²) in [7, 11) is -0.0386. The van der Waals surface area contributed by atoms with Crippen molar-refractivity contribution in [3.05, 3.63) is 81.2 Å². The molecular weight excluding hydrogens is 525 g/mol. The van der Waals surface area contributed by atoms with Gasteiger partial charge < -0.3 is 9.64 Å². The van der Waals surface area contributed by atoms with Crippen LogP contribution in [-0.2, 0) is 16.0 Å². The van der Waals surface area contributed by atoms with Crippen molar-refractivity contribution in [1.29, 1.82) is 5.26 Å². The van der Waals surface area contributed by atoms with Gasteiger partial charge in [-0.1, -0.05) is 60.2 Å². The van der Waals surface area contributed by atoms with E-state index in [1.54, 1.807) is 37.4 Å². The minimum Gasteiger partial charge on any atom is -0.498 e. The molecule has 1 aromatic heterocycles. The molecule has 0 N–H and O–H groups in total. The third-order valence-corrected chi connectivity index (χ3v) is 9.38. The van der Waals surface area contributed by atoms with Crippen molar-refractivity contribution in [2.24, 2.45) is 0 Å². The summed E-state index contributed by atoms with van der Waals surface area (Å²) in [6.07, 6.45) is 3.17. The zero-order valence-corrected chi connectivity index (χ0v) is 23.6. The van der Waals surface area contributed by atoms with Crippen molar-refractivity contribution < 1.29 is 9.53 Å². The molecule has 2 aliphatic rings. The first-order valence-electron chi connectivity index (χ1n) is 12.0. The average Bonchev–Trinajstić information content (AvgIpc) is 3.52. The molecule has 2 unspecified atom stereocenters. The maximum absolute atomic E-state index is 14.0. The first-order chi connectivity index (χ1) is 17.6. The number of benzene rings is 2. The number of nitriles is 1. The van der Waals surface area contributed by atoms with Gasteiger partial charge in [-0.25, -0.2) is 4.68 Å². The van der Waals surface area contributed by atoms with Crippen molar-refractivity contribution in [3.8, 4) is 6.07 Å². The van der Waals surface area contributed by atoms with Gasteiger partial charge in [0.2, 0.25) is 0 Å². The molecule has 2 atom stereocenters. The van der Waals surface area contributed by atoms with Crippen LogP contribution in [0.2, 0.25) is 29.7 Å². The molecule has 3 aromatic rings. The van der Waals surface area contributed by atoms with Crippen LogP contribution in [-0.4, -0.2) is 53.1 Å². The van der Waals surface area contributed by atoms with Gasteiger partial charge in [-0.3, -0.25) is 4.79 Å². The van der Waals surface area contributed by atoms with Crippen LogP contribution >= 0.6 is 23.2 Å². The van der Waals surface area contributed by atoms with E-state index in [9.17, 15) is 10.1 Å². The van der Waals surface area contributed by atoms with E-state index in [4.69, 9.17) is 27.9 Å². The number of hydrogen-bond acceptors (Lipinski definition) is 5. The van der Waals surface area contributed by atoms with Gasteiger partial charge in [0.25, 0.3) is 5.91 Å². The SMILES string of the molecule is COC1=C(c2cc(Cl)cc(Cl)c2)C(=O)N2CC(n3cc([Si](C)(C)C)nn3)CC12Cc1ccc(C#N)cc1. The molecule has 1 amide bonds. The fourth-order valence-electron chi connectivity index (χ4n) is 5.41. The summed E-state index contributed by atoms with van der Waals surface area (Å²) in [5.74, 6) is 0.463. The lowest BCUT2D eigenvalue weighted by molar-refractivity contribution is -0.126. The Morgan fingerprint density at radius 3 is 2.41 bits per heavy atom. The summed E-state index contributed by atoms with van der Waals surface area (Å²) in [4.78, 5) is 15.9. The Labute approximate surface area is 227 Å². The molecule has 3 heterocycles. The first-order valence-corrected chi connectivity index (χ1v) is 16.3. The molecule has 0 spiro atoms. The minimum atomic E-state index is -1.64. The number of ether oxygens (including phenoxy) is 1. The Bertz CT molecular complexity index is 1430. The maximum Gasteiger partial charge on any atom is 0.258 e. The van der Waals surface area contributed by atoms with Crippen LogP contribution in [0.3, 0.4) is 0 Å². The molecule has 0 bridgehead atoms. The van der Waals surface area contributed by atoms with Gasteiger partial charge in [-0.05, 0) is 41.5 Å². The highest BCUT2D eigenvalue weighted by molar-refractivity contribution is 6.88. The van der Waals surface area contributed by atoms with Crippen LogP contribution in [0, 0.1) is 11.3 Å². The molecule has 10 heteroatoms. The van der Waals surface area contributed by atoms with E-state index in [1.165, 1.54) is 0 Å². The predicted molar refractivity (Wildman–Crippen MR) is 146 cm³/mol. The van der Waals surface area contributed by atoms with Gasteiger partial charge in [-0.2, -0.15) is 5.26 Å². The van der Waals surface area contributed by atoms with Crippen molar-refractivity contribution in [1.82, 2.24) is 19.9 Å². The van der Waals surface area contributed by atoms with E-state index >= 15 is 0 Å². The summed E-state index contributed by atoms with van der Waals surface area (Å²) < 4.78 is 7.95. The van der Waals surface area contributed by atoms with Gasteiger partial charge in [0, 0.05) is 35.6 Å². The number of aromatic nitrogens is 3. The van der Waals surface area contributed by atoms with Crippen LogP contribution in [0.25, 0.3) is 5.57 Å². The molecule has 0 aliphatic carbocycles. The van der Waals surface area contributed by atoms with Gasteiger partial charge in [-0.15, -0.1) is 5.10 Å². The van der Waals surface area contributed by atoms with Crippen LogP contribution in [0.4, 0.5) is 0 Å². The van der Waals surface area contributed by atoms with Gasteiger partial charge in [0.15, 0.2) is 0 Å². The van der Waals surface area contributed by atoms with E-state index in [0.717, 1.165) is 10.9 Å². The van der Waals surface area contributed by atoms with Crippen molar-refractivity contribution in [2.45, 2.75) is 44.1 Å². The van der Waals surface area contributed by atoms with E-state index in [0.29, 0.717) is 51.9 Å². The Morgan fingerprint density at radius 2 is 1.84 bits per heavy atom. The second-order valence-electron chi connectivity index (χ2n) is 10.7. The van der Waals surface area contributed by atoms with Crippen LogP contribution < -0.4 is 5.32 Å². The number of amides is 1. The number of methoxy groups -OCH3 is 1. The highest BCUT2D eigenvalue weighted by Gasteiger charge is 2.59. The van der Waals surface area contributed by atoms with Gasteiger partial charge in [0.1, 0.15) is 19.4 Å². The molecule has 1 fully saturated rings. The van der Waals surface area contributed by atoms with Crippen molar-refractivity contribution in [2.75, 3.05) is 13.7 Å². The summed E-state index contributed by atoms with van der Waals surface area (Å²) in [5.41, 5.74) is 1.95. The fraction of sp³-hybridized carbons (Fsp3) is 0.333. The Balaban J connectivity index is 1.63. The number of hydrogen-bond donors (Lipinski definition) is 0. The van der Waals surface area contributed by atoms with Crippen LogP contribution in [0.15, 0.2) is 54.4 Å². The third kappa shape index (κ3) is 4.46. The van der Waals surface area contributed by atoms with Crippen molar-refractivity contribution >= 4 is 48.1 Å². The molecule has 1 saturated heterocycles. The Hall–Kier alpha value is -3.12. The molecular formula is C27H27Cl2N5O2Si. The molecule has 37 heavy (non-hydrogen) atoms. The highest BCUT2D eigenvalue weighted by atomic mass is 35.5. The predicted octanol–water partition coefficient (Wildman–Crippen LogP) is 4.83. The molecule has 5 rings (SSSR count). The highest BCUT2D eigenvalue weighted by Crippen LogP contribution is 2.51. The van der Waals surface area contributed by atoms with E-state index in [-0.39, 0.29) is 11.9 Å².